The Morgan fingerprint density at radius 3 is 2.73 bits per heavy atom. The standard InChI is InChI=1S/C17H24N2O3/c1-20-14-9-13(10-15-17(14)22-11-21-15)16(12-3-2-4-12)19-7-5-18-6-8-19/h9-10,12,16,18H,2-8,11H2,1H3/t16-/m1/s1. The van der Waals surface area contributed by atoms with Gasteiger partial charge in [-0.25, -0.2) is 0 Å². The van der Waals surface area contributed by atoms with Crippen LogP contribution < -0.4 is 19.5 Å². The predicted octanol–water partition coefficient (Wildman–Crippen LogP) is 2.17. The highest BCUT2D eigenvalue weighted by Crippen LogP contribution is 2.47. The molecule has 3 aliphatic rings. The average Bonchev–Trinajstić information content (AvgIpc) is 2.99. The number of hydrogen-bond acceptors (Lipinski definition) is 5. The van der Waals surface area contributed by atoms with Crippen molar-refractivity contribution < 1.29 is 14.2 Å². The molecule has 0 radical (unpaired) electrons. The van der Waals surface area contributed by atoms with E-state index < -0.39 is 0 Å². The highest BCUT2D eigenvalue weighted by atomic mass is 16.7. The molecule has 0 amide bonds. The number of fused-ring (bicyclic) bond motifs is 1. The monoisotopic (exact) mass is 304 g/mol. The van der Waals surface area contributed by atoms with Crippen LogP contribution in [0.3, 0.4) is 0 Å². The van der Waals surface area contributed by atoms with Gasteiger partial charge in [0.15, 0.2) is 11.5 Å². The molecule has 5 heteroatoms. The molecule has 1 aromatic carbocycles. The Balaban J connectivity index is 1.69. The first-order valence-corrected chi connectivity index (χ1v) is 8.29. The summed E-state index contributed by atoms with van der Waals surface area (Å²) in [5, 5.41) is 3.45. The van der Waals surface area contributed by atoms with Crippen LogP contribution >= 0.6 is 0 Å². The minimum Gasteiger partial charge on any atom is -0.493 e. The number of piperazine rings is 1. The third kappa shape index (κ3) is 2.42. The lowest BCUT2D eigenvalue weighted by molar-refractivity contribution is 0.0834. The van der Waals surface area contributed by atoms with Gasteiger partial charge in [0.25, 0.3) is 0 Å². The molecule has 1 aliphatic carbocycles. The first-order valence-electron chi connectivity index (χ1n) is 8.29. The highest BCUT2D eigenvalue weighted by Gasteiger charge is 2.35. The molecule has 0 unspecified atom stereocenters. The molecule has 1 N–H and O–H groups in total. The molecule has 1 saturated heterocycles. The van der Waals surface area contributed by atoms with Gasteiger partial charge in [-0.15, -0.1) is 0 Å². The summed E-state index contributed by atoms with van der Waals surface area (Å²) in [6.45, 7) is 4.66. The number of rotatable bonds is 4. The summed E-state index contributed by atoms with van der Waals surface area (Å²) in [7, 11) is 1.70. The zero-order chi connectivity index (χ0) is 14.9. The van der Waals surface area contributed by atoms with Crippen molar-refractivity contribution in [1.29, 1.82) is 0 Å². The van der Waals surface area contributed by atoms with Crippen molar-refractivity contribution in [3.05, 3.63) is 17.7 Å². The van der Waals surface area contributed by atoms with E-state index in [0.29, 0.717) is 6.04 Å². The Hall–Kier alpha value is -1.46. The van der Waals surface area contributed by atoms with E-state index in [1.165, 1.54) is 24.8 Å². The SMILES string of the molecule is COc1cc([C@@H](C2CCC2)N2CCNCC2)cc2c1OCO2. The number of ether oxygens (including phenoxy) is 3. The normalized spacial score (nSPS) is 23.1. The number of methoxy groups -OCH3 is 1. The largest absolute Gasteiger partial charge is 0.493 e. The summed E-state index contributed by atoms with van der Waals surface area (Å²) in [5.41, 5.74) is 1.31. The Labute approximate surface area is 131 Å². The maximum Gasteiger partial charge on any atom is 0.231 e. The van der Waals surface area contributed by atoms with E-state index in [1.807, 2.05) is 0 Å². The van der Waals surface area contributed by atoms with Crippen LogP contribution in [0.2, 0.25) is 0 Å². The first-order chi connectivity index (χ1) is 10.9. The van der Waals surface area contributed by atoms with Crippen molar-refractivity contribution in [2.75, 3.05) is 40.1 Å². The molecule has 22 heavy (non-hydrogen) atoms. The summed E-state index contributed by atoms with van der Waals surface area (Å²) in [6, 6.07) is 4.79. The lowest BCUT2D eigenvalue weighted by atomic mass is 9.76. The first kappa shape index (κ1) is 14.2. The fourth-order valence-electron chi connectivity index (χ4n) is 3.82. The number of nitrogens with zero attached hydrogens (tertiary/aromatic N) is 1. The molecule has 2 aliphatic heterocycles. The summed E-state index contributed by atoms with van der Waals surface area (Å²) >= 11 is 0. The summed E-state index contributed by atoms with van der Waals surface area (Å²) in [4.78, 5) is 2.62. The van der Waals surface area contributed by atoms with Gasteiger partial charge < -0.3 is 19.5 Å². The van der Waals surface area contributed by atoms with Crippen molar-refractivity contribution in [3.63, 3.8) is 0 Å². The second kappa shape index (κ2) is 5.97. The number of benzene rings is 1. The van der Waals surface area contributed by atoms with Gasteiger partial charge in [0.05, 0.1) is 7.11 Å². The topological polar surface area (TPSA) is 43.0 Å². The van der Waals surface area contributed by atoms with Crippen molar-refractivity contribution in [1.82, 2.24) is 10.2 Å². The van der Waals surface area contributed by atoms with Gasteiger partial charge in [-0.3, -0.25) is 4.90 Å². The van der Waals surface area contributed by atoms with E-state index in [9.17, 15) is 0 Å². The molecule has 1 atom stereocenters. The minimum absolute atomic E-state index is 0.289. The van der Waals surface area contributed by atoms with Crippen LogP contribution in [-0.4, -0.2) is 45.0 Å². The van der Waals surface area contributed by atoms with Crippen LogP contribution in [0.5, 0.6) is 17.2 Å². The van der Waals surface area contributed by atoms with Crippen LogP contribution in [0.1, 0.15) is 30.9 Å². The molecule has 5 nitrogen and oxygen atoms in total. The van der Waals surface area contributed by atoms with Crippen molar-refractivity contribution in [2.24, 2.45) is 5.92 Å². The third-order valence-corrected chi connectivity index (χ3v) is 5.16. The maximum atomic E-state index is 5.62. The van der Waals surface area contributed by atoms with Crippen LogP contribution in [0.15, 0.2) is 12.1 Å². The van der Waals surface area contributed by atoms with Crippen LogP contribution in [0.25, 0.3) is 0 Å². The molecule has 1 saturated carbocycles. The molecule has 0 spiro atoms. The molecule has 2 fully saturated rings. The average molecular weight is 304 g/mol. The van der Waals surface area contributed by atoms with Crippen LogP contribution in [0, 0.1) is 5.92 Å². The van der Waals surface area contributed by atoms with Gasteiger partial charge >= 0.3 is 0 Å². The lowest BCUT2D eigenvalue weighted by Gasteiger charge is -2.43. The number of nitrogens with one attached hydrogen (secondary N) is 1. The Morgan fingerprint density at radius 1 is 1.23 bits per heavy atom. The van der Waals surface area contributed by atoms with E-state index in [4.69, 9.17) is 14.2 Å². The maximum absolute atomic E-state index is 5.62. The molecule has 2 heterocycles. The molecule has 4 rings (SSSR count). The van der Waals surface area contributed by atoms with Gasteiger partial charge in [-0.1, -0.05) is 6.42 Å². The van der Waals surface area contributed by atoms with Gasteiger partial charge in [-0.05, 0) is 36.5 Å². The highest BCUT2D eigenvalue weighted by molar-refractivity contribution is 5.55. The second-order valence-electron chi connectivity index (χ2n) is 6.38. The predicted molar refractivity (Wildman–Crippen MR) is 83.6 cm³/mol. The molecular weight excluding hydrogens is 280 g/mol. The van der Waals surface area contributed by atoms with Crippen LogP contribution in [0.4, 0.5) is 0 Å². The van der Waals surface area contributed by atoms with E-state index in [1.54, 1.807) is 7.11 Å². The fourth-order valence-corrected chi connectivity index (χ4v) is 3.82. The minimum atomic E-state index is 0.289. The Kier molecular flexibility index (Phi) is 3.84. The van der Waals surface area contributed by atoms with Crippen molar-refractivity contribution >= 4 is 0 Å². The Morgan fingerprint density at radius 2 is 2.05 bits per heavy atom. The van der Waals surface area contributed by atoms with Gasteiger partial charge in [-0.2, -0.15) is 0 Å². The fraction of sp³-hybridized carbons (Fsp3) is 0.647. The van der Waals surface area contributed by atoms with Gasteiger partial charge in [0.2, 0.25) is 12.5 Å². The summed E-state index contributed by atoms with van der Waals surface area (Å²) < 4.78 is 16.7. The summed E-state index contributed by atoms with van der Waals surface area (Å²) in [5.74, 6) is 3.13. The van der Waals surface area contributed by atoms with Gasteiger partial charge in [0, 0.05) is 32.2 Å². The third-order valence-electron chi connectivity index (χ3n) is 5.16. The van der Waals surface area contributed by atoms with E-state index in [-0.39, 0.29) is 6.79 Å². The van der Waals surface area contributed by atoms with E-state index in [2.05, 4.69) is 22.3 Å². The summed E-state index contributed by atoms with van der Waals surface area (Å²) in [6.07, 6.45) is 4.01. The zero-order valence-corrected chi connectivity index (χ0v) is 13.1. The molecule has 0 bridgehead atoms. The smallest absolute Gasteiger partial charge is 0.231 e. The van der Waals surface area contributed by atoms with Crippen LogP contribution in [-0.2, 0) is 0 Å². The Bertz CT molecular complexity index is 539. The van der Waals surface area contributed by atoms with E-state index >= 15 is 0 Å². The van der Waals surface area contributed by atoms with E-state index in [0.717, 1.165) is 49.3 Å². The quantitative estimate of drug-likeness (QED) is 0.923. The lowest BCUT2D eigenvalue weighted by Crippen LogP contribution is -2.47. The van der Waals surface area contributed by atoms with Gasteiger partial charge in [0.1, 0.15) is 0 Å². The molecule has 0 aromatic heterocycles. The molecular formula is C17H24N2O3. The van der Waals surface area contributed by atoms with Crippen molar-refractivity contribution in [3.8, 4) is 17.2 Å². The number of hydrogen-bond donors (Lipinski definition) is 1. The zero-order valence-electron chi connectivity index (χ0n) is 13.1. The second-order valence-corrected chi connectivity index (χ2v) is 6.38. The van der Waals surface area contributed by atoms with Crippen molar-refractivity contribution in [2.45, 2.75) is 25.3 Å². The molecule has 1 aromatic rings. The molecule has 120 valence electrons.